The highest BCUT2D eigenvalue weighted by Crippen LogP contribution is 2.30. The molecule has 0 heterocycles. The molecule has 0 N–H and O–H groups in total. The maximum atomic E-state index is 12.5. The number of ketones is 1. The first-order valence-corrected chi connectivity index (χ1v) is 8.58. The van der Waals surface area contributed by atoms with Crippen LogP contribution in [0.1, 0.15) is 19.4 Å². The van der Waals surface area contributed by atoms with Gasteiger partial charge in [0.05, 0.1) is 0 Å². The minimum absolute atomic E-state index is 0.147. The smallest absolute Gasteiger partial charge is 0.308 e. The van der Waals surface area contributed by atoms with E-state index in [0.717, 1.165) is 11.1 Å². The monoisotopic (exact) mass is 378 g/mol. The number of esters is 2. The Morgan fingerprint density at radius 2 is 1.43 bits per heavy atom. The molecule has 1 aliphatic carbocycles. The Morgan fingerprint density at radius 3 is 1.96 bits per heavy atom. The maximum Gasteiger partial charge on any atom is 0.308 e. The third-order valence-corrected chi connectivity index (χ3v) is 3.78. The Labute approximate surface area is 162 Å². The molecular weight excluding hydrogens is 360 g/mol. The van der Waals surface area contributed by atoms with Crippen LogP contribution in [0.4, 0.5) is 0 Å². The molecule has 0 aromatic heterocycles. The fraction of sp³-hybridized carbons (Fsp3) is 0.136. The summed E-state index contributed by atoms with van der Waals surface area (Å²) >= 11 is 0. The lowest BCUT2D eigenvalue weighted by molar-refractivity contribution is -0.132. The molecule has 6 nitrogen and oxygen atoms in total. The maximum absolute atomic E-state index is 12.5. The van der Waals surface area contributed by atoms with Crippen molar-refractivity contribution in [3.8, 4) is 17.2 Å². The molecule has 0 spiro atoms. The molecule has 6 heteroatoms. The Balaban J connectivity index is 1.80. The summed E-state index contributed by atoms with van der Waals surface area (Å²) in [5.41, 5.74) is 1.72. The number of hydrogen-bond acceptors (Lipinski definition) is 6. The molecule has 2 aromatic carbocycles. The number of rotatable bonds is 5. The van der Waals surface area contributed by atoms with Crippen LogP contribution in [0.3, 0.4) is 0 Å². The Morgan fingerprint density at radius 1 is 0.857 bits per heavy atom. The first-order valence-electron chi connectivity index (χ1n) is 8.58. The van der Waals surface area contributed by atoms with Crippen molar-refractivity contribution in [3.63, 3.8) is 0 Å². The molecule has 1 atom stereocenters. The minimum atomic E-state index is -0.842. The molecule has 3 rings (SSSR count). The van der Waals surface area contributed by atoms with Crippen molar-refractivity contribution in [2.45, 2.75) is 20.0 Å². The standard InChI is InChI=1S/C22H18O6/c1-14(23)26-18-11-19(27-15(2)24)13-20(12-18)28-22-9-8-17(10-21(22)25)16-6-4-3-5-7-16/h3-13,22H,1-2H3. The van der Waals surface area contributed by atoms with E-state index >= 15 is 0 Å². The molecule has 0 bridgehead atoms. The zero-order chi connectivity index (χ0) is 20.1. The van der Waals surface area contributed by atoms with Crippen molar-refractivity contribution >= 4 is 23.3 Å². The topological polar surface area (TPSA) is 78.9 Å². The molecule has 1 aliphatic rings. The molecule has 2 aromatic rings. The normalized spacial score (nSPS) is 15.6. The van der Waals surface area contributed by atoms with Crippen LogP contribution in [-0.2, 0) is 14.4 Å². The molecule has 142 valence electrons. The number of hydrogen-bond donors (Lipinski definition) is 0. The van der Waals surface area contributed by atoms with Gasteiger partial charge in [-0.3, -0.25) is 14.4 Å². The van der Waals surface area contributed by atoms with Crippen LogP contribution >= 0.6 is 0 Å². The van der Waals surface area contributed by atoms with Gasteiger partial charge < -0.3 is 14.2 Å². The number of ether oxygens (including phenoxy) is 3. The van der Waals surface area contributed by atoms with E-state index in [4.69, 9.17) is 14.2 Å². The van der Waals surface area contributed by atoms with Crippen molar-refractivity contribution in [2.24, 2.45) is 0 Å². The zero-order valence-corrected chi connectivity index (χ0v) is 15.4. The molecule has 0 fully saturated rings. The van der Waals surface area contributed by atoms with Crippen molar-refractivity contribution in [2.75, 3.05) is 0 Å². The van der Waals surface area contributed by atoms with Crippen molar-refractivity contribution < 1.29 is 28.6 Å². The Kier molecular flexibility index (Phi) is 5.69. The van der Waals surface area contributed by atoms with Crippen molar-refractivity contribution in [1.82, 2.24) is 0 Å². The average Bonchev–Trinajstić information content (AvgIpc) is 2.63. The summed E-state index contributed by atoms with van der Waals surface area (Å²) in [6, 6.07) is 13.8. The lowest BCUT2D eigenvalue weighted by Crippen LogP contribution is -2.25. The second kappa shape index (κ2) is 8.35. The summed E-state index contributed by atoms with van der Waals surface area (Å²) in [4.78, 5) is 34.9. The number of carbonyl (C=O) groups excluding carboxylic acids is 3. The van der Waals surface area contributed by atoms with Gasteiger partial charge in [0.15, 0.2) is 6.10 Å². The molecule has 0 aliphatic heterocycles. The fourth-order valence-electron chi connectivity index (χ4n) is 2.69. The number of carbonyl (C=O) groups is 3. The average molecular weight is 378 g/mol. The predicted octanol–water partition coefficient (Wildman–Crippen LogP) is 3.51. The summed E-state index contributed by atoms with van der Waals surface area (Å²) in [6.07, 6.45) is 4.13. The molecule has 28 heavy (non-hydrogen) atoms. The lowest BCUT2D eigenvalue weighted by Gasteiger charge is -2.18. The van der Waals surface area contributed by atoms with Crippen LogP contribution in [0.25, 0.3) is 5.57 Å². The van der Waals surface area contributed by atoms with Gasteiger partial charge in [0.25, 0.3) is 0 Å². The summed E-state index contributed by atoms with van der Waals surface area (Å²) in [6.45, 7) is 2.50. The van der Waals surface area contributed by atoms with Crippen molar-refractivity contribution in [1.29, 1.82) is 0 Å². The van der Waals surface area contributed by atoms with Gasteiger partial charge in [-0.1, -0.05) is 36.4 Å². The van der Waals surface area contributed by atoms with E-state index in [-0.39, 0.29) is 23.0 Å². The molecule has 0 saturated carbocycles. The summed E-state index contributed by atoms with van der Waals surface area (Å²) in [5, 5.41) is 0. The quantitative estimate of drug-likeness (QED) is 0.585. The fourth-order valence-corrected chi connectivity index (χ4v) is 2.69. The second-order valence-corrected chi connectivity index (χ2v) is 6.09. The molecule has 1 unspecified atom stereocenters. The van der Waals surface area contributed by atoms with Crippen LogP contribution < -0.4 is 14.2 Å². The highest BCUT2D eigenvalue weighted by Gasteiger charge is 2.21. The largest absolute Gasteiger partial charge is 0.478 e. The highest BCUT2D eigenvalue weighted by atomic mass is 16.5. The Bertz CT molecular complexity index is 938. The zero-order valence-electron chi connectivity index (χ0n) is 15.4. The third-order valence-electron chi connectivity index (χ3n) is 3.78. The van der Waals surface area contributed by atoms with Gasteiger partial charge in [0.1, 0.15) is 17.2 Å². The van der Waals surface area contributed by atoms with E-state index < -0.39 is 18.0 Å². The van der Waals surface area contributed by atoms with Crippen LogP contribution in [0.15, 0.2) is 66.8 Å². The predicted molar refractivity (Wildman–Crippen MR) is 102 cm³/mol. The van der Waals surface area contributed by atoms with Gasteiger partial charge in [-0.05, 0) is 23.3 Å². The van der Waals surface area contributed by atoms with Gasteiger partial charge in [0.2, 0.25) is 5.78 Å². The SMILES string of the molecule is CC(=O)Oc1cc(OC(C)=O)cc(OC2C=CC(c3ccccc3)=CC2=O)c1. The van der Waals surface area contributed by atoms with Crippen LogP contribution in [0, 0.1) is 0 Å². The molecule has 0 amide bonds. The van der Waals surface area contributed by atoms with Crippen LogP contribution in [0.2, 0.25) is 0 Å². The van der Waals surface area contributed by atoms with Gasteiger partial charge in [-0.2, -0.15) is 0 Å². The second-order valence-electron chi connectivity index (χ2n) is 6.09. The van der Waals surface area contributed by atoms with Crippen LogP contribution in [0.5, 0.6) is 17.2 Å². The number of benzene rings is 2. The van der Waals surface area contributed by atoms with Gasteiger partial charge in [-0.25, -0.2) is 0 Å². The van der Waals surface area contributed by atoms with Gasteiger partial charge in [0, 0.05) is 32.0 Å². The molecule has 0 saturated heterocycles. The lowest BCUT2D eigenvalue weighted by atomic mass is 9.97. The van der Waals surface area contributed by atoms with E-state index in [1.54, 1.807) is 6.08 Å². The van der Waals surface area contributed by atoms with E-state index in [9.17, 15) is 14.4 Å². The van der Waals surface area contributed by atoms with Crippen LogP contribution in [-0.4, -0.2) is 23.8 Å². The molecular formula is C22H18O6. The first kappa shape index (κ1) is 19.1. The first-order chi connectivity index (χ1) is 13.4. The van der Waals surface area contributed by atoms with E-state index in [1.807, 2.05) is 36.4 Å². The van der Waals surface area contributed by atoms with E-state index in [0.29, 0.717) is 0 Å². The van der Waals surface area contributed by atoms with E-state index in [1.165, 1.54) is 38.1 Å². The minimum Gasteiger partial charge on any atom is -0.478 e. The Hall–Kier alpha value is -3.67. The van der Waals surface area contributed by atoms with Gasteiger partial charge in [-0.15, -0.1) is 0 Å². The summed E-state index contributed by atoms with van der Waals surface area (Å²) in [7, 11) is 0. The summed E-state index contributed by atoms with van der Waals surface area (Å²) in [5.74, 6) is -0.768. The van der Waals surface area contributed by atoms with Gasteiger partial charge >= 0.3 is 11.9 Å². The number of allylic oxidation sites excluding steroid dienone is 2. The van der Waals surface area contributed by atoms with Crippen molar-refractivity contribution in [3.05, 3.63) is 72.3 Å². The summed E-state index contributed by atoms with van der Waals surface area (Å²) < 4.78 is 15.8. The highest BCUT2D eigenvalue weighted by molar-refractivity contribution is 6.05. The molecule has 0 radical (unpaired) electrons. The third kappa shape index (κ3) is 4.94. The van der Waals surface area contributed by atoms with E-state index in [2.05, 4.69) is 0 Å².